The van der Waals surface area contributed by atoms with Gasteiger partial charge in [-0.15, -0.1) is 0 Å². The molecule has 30 heavy (non-hydrogen) atoms. The zero-order chi connectivity index (χ0) is 21.4. The van der Waals surface area contributed by atoms with Crippen molar-refractivity contribution in [3.05, 3.63) is 40.5 Å². The molecule has 0 saturated carbocycles. The van der Waals surface area contributed by atoms with E-state index in [0.29, 0.717) is 34.3 Å². The summed E-state index contributed by atoms with van der Waals surface area (Å²) >= 11 is 0. The monoisotopic (exact) mass is 420 g/mol. The van der Waals surface area contributed by atoms with E-state index in [0.717, 1.165) is 0 Å². The quantitative estimate of drug-likeness (QED) is 0.655. The second-order valence-corrected chi connectivity index (χ2v) is 6.46. The summed E-state index contributed by atoms with van der Waals surface area (Å²) in [6.07, 6.45) is 1.57. The summed E-state index contributed by atoms with van der Waals surface area (Å²) in [5.74, 6) is -1.07. The molecule has 0 bridgehead atoms. The number of carbonyl (C=O) groups is 2. The SMILES string of the molecule is COC(=O)c1cc(OC)c2c(c1C1C3=C(OCO3)C(OC)=CC1C(=O)OC)OCO2. The van der Waals surface area contributed by atoms with E-state index in [1.807, 2.05) is 0 Å². The first-order valence-corrected chi connectivity index (χ1v) is 8.98. The first-order valence-electron chi connectivity index (χ1n) is 8.98. The van der Waals surface area contributed by atoms with Crippen molar-refractivity contribution in [2.24, 2.45) is 5.92 Å². The van der Waals surface area contributed by atoms with Gasteiger partial charge in [-0.2, -0.15) is 0 Å². The zero-order valence-corrected chi connectivity index (χ0v) is 16.8. The largest absolute Gasteiger partial charge is 0.493 e. The van der Waals surface area contributed by atoms with Crippen LogP contribution in [0.5, 0.6) is 17.2 Å². The highest BCUT2D eigenvalue weighted by Crippen LogP contribution is 2.54. The highest BCUT2D eigenvalue weighted by Gasteiger charge is 2.47. The van der Waals surface area contributed by atoms with E-state index in [-0.39, 0.29) is 24.9 Å². The Kier molecular flexibility index (Phi) is 5.06. The van der Waals surface area contributed by atoms with Gasteiger partial charge in [0.1, 0.15) is 0 Å². The number of hydrogen-bond acceptors (Lipinski definition) is 10. The molecule has 0 fully saturated rings. The van der Waals surface area contributed by atoms with Gasteiger partial charge in [-0.1, -0.05) is 0 Å². The Morgan fingerprint density at radius 2 is 1.67 bits per heavy atom. The second-order valence-electron chi connectivity index (χ2n) is 6.46. The van der Waals surface area contributed by atoms with Gasteiger partial charge in [0, 0.05) is 5.56 Å². The summed E-state index contributed by atoms with van der Waals surface area (Å²) in [4.78, 5) is 25.4. The molecular weight excluding hydrogens is 400 g/mol. The van der Waals surface area contributed by atoms with Crippen molar-refractivity contribution in [2.75, 3.05) is 42.0 Å². The molecule has 160 valence electrons. The number of allylic oxidation sites excluding steroid dienone is 1. The van der Waals surface area contributed by atoms with E-state index in [4.69, 9.17) is 37.9 Å². The Hall–Kier alpha value is -3.56. The summed E-state index contributed by atoms with van der Waals surface area (Å²) < 4.78 is 43.2. The predicted octanol–water partition coefficient (Wildman–Crippen LogP) is 1.84. The third kappa shape index (κ3) is 2.87. The van der Waals surface area contributed by atoms with Crippen LogP contribution in [-0.2, 0) is 28.5 Å². The first-order chi connectivity index (χ1) is 14.5. The van der Waals surface area contributed by atoms with Crippen LogP contribution in [0.1, 0.15) is 21.8 Å². The zero-order valence-electron chi connectivity index (χ0n) is 16.8. The van der Waals surface area contributed by atoms with Crippen molar-refractivity contribution in [1.29, 1.82) is 0 Å². The minimum atomic E-state index is -0.893. The van der Waals surface area contributed by atoms with Crippen LogP contribution in [0.3, 0.4) is 0 Å². The van der Waals surface area contributed by atoms with Crippen molar-refractivity contribution in [3.8, 4) is 17.2 Å². The molecular formula is C20H20O10. The standard InChI is InChI=1S/C20H20O10/c1-23-11-5-9(19(21)25-3)13(17-15(11)27-7-29-17)14-10(20(22)26-4)6-12(24-2)16-18(14)30-8-28-16/h5-6,9,13H,7-8H2,1-4H3. The van der Waals surface area contributed by atoms with Gasteiger partial charge in [0.15, 0.2) is 23.0 Å². The van der Waals surface area contributed by atoms with E-state index in [1.165, 1.54) is 34.5 Å². The van der Waals surface area contributed by atoms with Crippen molar-refractivity contribution >= 4 is 11.9 Å². The van der Waals surface area contributed by atoms with Gasteiger partial charge in [0.25, 0.3) is 0 Å². The van der Waals surface area contributed by atoms with Crippen LogP contribution in [0.25, 0.3) is 0 Å². The van der Waals surface area contributed by atoms with Gasteiger partial charge in [-0.3, -0.25) is 4.79 Å². The van der Waals surface area contributed by atoms with Crippen LogP contribution >= 0.6 is 0 Å². The van der Waals surface area contributed by atoms with Crippen LogP contribution in [0.4, 0.5) is 0 Å². The van der Waals surface area contributed by atoms with Crippen LogP contribution in [-0.4, -0.2) is 54.0 Å². The van der Waals surface area contributed by atoms with Gasteiger partial charge in [-0.25, -0.2) is 4.79 Å². The number of esters is 2. The number of hydrogen-bond donors (Lipinski definition) is 0. The molecule has 2 unspecified atom stereocenters. The van der Waals surface area contributed by atoms with Crippen LogP contribution < -0.4 is 14.2 Å². The minimum absolute atomic E-state index is 0.0704. The van der Waals surface area contributed by atoms with Gasteiger partial charge in [0.2, 0.25) is 25.1 Å². The number of rotatable bonds is 5. The lowest BCUT2D eigenvalue weighted by Gasteiger charge is -2.29. The van der Waals surface area contributed by atoms with Gasteiger partial charge < -0.3 is 37.9 Å². The molecule has 0 saturated heterocycles. The molecule has 4 rings (SSSR count). The van der Waals surface area contributed by atoms with Gasteiger partial charge in [0.05, 0.1) is 45.8 Å². The van der Waals surface area contributed by atoms with Crippen LogP contribution in [0.15, 0.2) is 29.4 Å². The van der Waals surface area contributed by atoms with E-state index < -0.39 is 23.8 Å². The Balaban J connectivity index is 2.00. The number of methoxy groups -OCH3 is 4. The molecule has 0 radical (unpaired) electrons. The highest BCUT2D eigenvalue weighted by atomic mass is 16.7. The Morgan fingerprint density at radius 1 is 0.933 bits per heavy atom. The Labute approximate surface area is 171 Å². The second kappa shape index (κ2) is 7.69. The summed E-state index contributed by atoms with van der Waals surface area (Å²) in [5, 5.41) is 0. The first kappa shape index (κ1) is 19.7. The van der Waals surface area contributed by atoms with Gasteiger partial charge >= 0.3 is 11.9 Å². The van der Waals surface area contributed by atoms with E-state index in [9.17, 15) is 9.59 Å². The molecule has 0 aromatic heterocycles. The maximum Gasteiger partial charge on any atom is 0.338 e. The van der Waals surface area contributed by atoms with Crippen LogP contribution in [0.2, 0.25) is 0 Å². The van der Waals surface area contributed by atoms with Gasteiger partial charge in [-0.05, 0) is 12.1 Å². The molecule has 0 N–H and O–H groups in total. The molecule has 1 aliphatic carbocycles. The lowest BCUT2D eigenvalue weighted by atomic mass is 9.78. The van der Waals surface area contributed by atoms with Crippen molar-refractivity contribution in [2.45, 2.75) is 5.92 Å². The summed E-state index contributed by atoms with van der Waals surface area (Å²) in [5.41, 5.74) is 0.476. The summed E-state index contributed by atoms with van der Waals surface area (Å²) in [7, 11) is 5.42. The lowest BCUT2D eigenvalue weighted by Crippen LogP contribution is -2.29. The third-order valence-electron chi connectivity index (χ3n) is 5.11. The molecule has 3 aliphatic rings. The van der Waals surface area contributed by atoms with E-state index >= 15 is 0 Å². The molecule has 1 aromatic carbocycles. The maximum atomic E-state index is 12.7. The number of fused-ring (bicyclic) bond motifs is 1. The minimum Gasteiger partial charge on any atom is -0.493 e. The topological polar surface area (TPSA) is 108 Å². The smallest absolute Gasteiger partial charge is 0.338 e. The number of ether oxygens (including phenoxy) is 8. The van der Waals surface area contributed by atoms with Crippen molar-refractivity contribution in [1.82, 2.24) is 0 Å². The highest BCUT2D eigenvalue weighted by molar-refractivity contribution is 5.94. The number of carbonyl (C=O) groups excluding carboxylic acids is 2. The fourth-order valence-corrected chi connectivity index (χ4v) is 3.82. The third-order valence-corrected chi connectivity index (χ3v) is 5.11. The molecule has 2 aliphatic heterocycles. The molecule has 0 spiro atoms. The Bertz CT molecular complexity index is 961. The van der Waals surface area contributed by atoms with Crippen LogP contribution in [0, 0.1) is 5.92 Å². The summed E-state index contributed by atoms with van der Waals surface area (Å²) in [6, 6.07) is 1.48. The fraction of sp³-hybridized carbons (Fsp3) is 0.400. The molecule has 10 nitrogen and oxygen atoms in total. The average molecular weight is 420 g/mol. The van der Waals surface area contributed by atoms with E-state index in [1.54, 1.807) is 6.08 Å². The normalized spacial score (nSPS) is 21.1. The van der Waals surface area contributed by atoms with Crippen molar-refractivity contribution < 1.29 is 47.5 Å². The molecule has 2 atom stereocenters. The van der Waals surface area contributed by atoms with Crippen molar-refractivity contribution in [3.63, 3.8) is 0 Å². The molecule has 10 heteroatoms. The molecule has 0 amide bonds. The summed E-state index contributed by atoms with van der Waals surface area (Å²) in [6.45, 7) is -0.152. The fourth-order valence-electron chi connectivity index (χ4n) is 3.82. The van der Waals surface area contributed by atoms with E-state index in [2.05, 4.69) is 0 Å². The molecule has 1 aromatic rings. The Morgan fingerprint density at radius 3 is 2.33 bits per heavy atom. The predicted molar refractivity (Wildman–Crippen MR) is 97.9 cm³/mol. The maximum absolute atomic E-state index is 12.7. The number of benzene rings is 1. The lowest BCUT2D eigenvalue weighted by molar-refractivity contribution is -0.144. The average Bonchev–Trinajstić information content (AvgIpc) is 3.46. The molecule has 2 heterocycles.